The molecule has 152 valence electrons. The zero-order valence-corrected chi connectivity index (χ0v) is 17.6. The van der Waals surface area contributed by atoms with Crippen LogP contribution >= 0.6 is 22.9 Å². The number of rotatable bonds is 3. The summed E-state index contributed by atoms with van der Waals surface area (Å²) in [6.45, 7) is 1.71. The van der Waals surface area contributed by atoms with Gasteiger partial charge in [-0.15, -0.1) is 0 Å². The van der Waals surface area contributed by atoms with Gasteiger partial charge in [0.15, 0.2) is 4.80 Å². The van der Waals surface area contributed by atoms with Crippen LogP contribution < -0.4 is 14.9 Å². The molecule has 1 aliphatic rings. The fraction of sp³-hybridized carbons (Fsp3) is 0.136. The number of halogens is 2. The van der Waals surface area contributed by atoms with Gasteiger partial charge >= 0.3 is 5.97 Å². The number of fused-ring (bicyclic) bond motifs is 1. The highest BCUT2D eigenvalue weighted by atomic mass is 35.5. The highest BCUT2D eigenvalue weighted by Crippen LogP contribution is 2.31. The summed E-state index contributed by atoms with van der Waals surface area (Å²) >= 11 is 7.23. The molecule has 0 amide bonds. The lowest BCUT2D eigenvalue weighted by Crippen LogP contribution is -2.39. The first-order chi connectivity index (χ1) is 14.4. The second kappa shape index (κ2) is 8.01. The topological polar surface area (TPSA) is 60.7 Å². The molecule has 2 heterocycles. The first kappa shape index (κ1) is 20.3. The Kier molecular flexibility index (Phi) is 5.40. The summed E-state index contributed by atoms with van der Waals surface area (Å²) in [6, 6.07) is 12.1. The van der Waals surface area contributed by atoms with Crippen molar-refractivity contribution in [2.24, 2.45) is 4.99 Å². The third-order valence-electron chi connectivity index (χ3n) is 4.78. The van der Waals surface area contributed by atoms with Crippen LogP contribution in [0.2, 0.25) is 5.02 Å². The van der Waals surface area contributed by atoms with E-state index in [2.05, 4.69) is 4.99 Å². The summed E-state index contributed by atoms with van der Waals surface area (Å²) in [5.74, 6) is -0.904. The third kappa shape index (κ3) is 3.62. The van der Waals surface area contributed by atoms with Crippen molar-refractivity contribution in [1.82, 2.24) is 4.57 Å². The molecule has 5 nitrogen and oxygen atoms in total. The van der Waals surface area contributed by atoms with Crippen LogP contribution in [-0.2, 0) is 9.53 Å². The molecule has 0 spiro atoms. The zero-order chi connectivity index (χ0) is 21.4. The van der Waals surface area contributed by atoms with Crippen molar-refractivity contribution in [2.45, 2.75) is 13.0 Å². The van der Waals surface area contributed by atoms with Crippen molar-refractivity contribution in [3.63, 3.8) is 0 Å². The van der Waals surface area contributed by atoms with E-state index in [1.807, 2.05) is 0 Å². The number of carbonyl (C=O) groups excluding carboxylic acids is 1. The van der Waals surface area contributed by atoms with Gasteiger partial charge in [-0.05, 0) is 48.4 Å². The van der Waals surface area contributed by atoms with Crippen LogP contribution in [0.5, 0.6) is 0 Å². The maximum absolute atomic E-state index is 13.3. The van der Waals surface area contributed by atoms with Crippen LogP contribution in [0.3, 0.4) is 0 Å². The quantitative estimate of drug-likeness (QED) is 0.585. The van der Waals surface area contributed by atoms with Gasteiger partial charge in [0.2, 0.25) is 0 Å². The van der Waals surface area contributed by atoms with Crippen LogP contribution in [0.4, 0.5) is 4.39 Å². The Labute approximate surface area is 180 Å². The Hall–Kier alpha value is -3.03. The lowest BCUT2D eigenvalue weighted by molar-refractivity contribution is -0.136. The van der Waals surface area contributed by atoms with E-state index in [1.165, 1.54) is 35.1 Å². The number of allylic oxidation sites excluding steroid dienone is 1. The number of esters is 1. The Morgan fingerprint density at radius 2 is 1.87 bits per heavy atom. The van der Waals surface area contributed by atoms with E-state index in [0.717, 1.165) is 0 Å². The molecule has 1 atom stereocenters. The van der Waals surface area contributed by atoms with Crippen LogP contribution in [0.15, 0.2) is 69.6 Å². The average Bonchev–Trinajstić information content (AvgIpc) is 3.03. The van der Waals surface area contributed by atoms with Gasteiger partial charge in [-0.1, -0.05) is 47.2 Å². The van der Waals surface area contributed by atoms with Gasteiger partial charge < -0.3 is 4.74 Å². The Bertz CT molecular complexity index is 1340. The largest absolute Gasteiger partial charge is 0.466 e. The Morgan fingerprint density at radius 1 is 1.20 bits per heavy atom. The standard InChI is InChI=1S/C22H16ClFN2O3S/c1-12-18(21(28)29-2)19(14-5-7-15(23)8-6-14)26-20(27)17(30-22(26)25-12)11-13-3-9-16(24)10-4-13/h3-11,19H,1-2H3/b17-11-. The number of thiazole rings is 1. The first-order valence-corrected chi connectivity index (χ1v) is 10.2. The zero-order valence-electron chi connectivity index (χ0n) is 16.1. The molecule has 2 aromatic carbocycles. The maximum Gasteiger partial charge on any atom is 0.338 e. The highest BCUT2D eigenvalue weighted by Gasteiger charge is 2.32. The highest BCUT2D eigenvalue weighted by molar-refractivity contribution is 7.07. The number of hydrogen-bond acceptors (Lipinski definition) is 5. The summed E-state index contributed by atoms with van der Waals surface area (Å²) in [6.07, 6.45) is 1.68. The molecule has 30 heavy (non-hydrogen) atoms. The summed E-state index contributed by atoms with van der Waals surface area (Å²) in [7, 11) is 1.29. The molecule has 0 saturated carbocycles. The molecule has 0 bridgehead atoms. The van der Waals surface area contributed by atoms with Gasteiger partial charge in [0.25, 0.3) is 5.56 Å². The predicted octanol–water partition coefficient (Wildman–Crippen LogP) is 3.20. The molecule has 1 unspecified atom stereocenters. The molecule has 0 N–H and O–H groups in total. The minimum Gasteiger partial charge on any atom is -0.466 e. The van der Waals surface area contributed by atoms with Crippen LogP contribution in [-0.4, -0.2) is 17.6 Å². The van der Waals surface area contributed by atoms with Crippen LogP contribution in [0.1, 0.15) is 24.1 Å². The fourth-order valence-corrected chi connectivity index (χ4v) is 4.54. The van der Waals surface area contributed by atoms with E-state index in [4.69, 9.17) is 16.3 Å². The lowest BCUT2D eigenvalue weighted by atomic mass is 9.96. The number of aromatic nitrogens is 1. The molecule has 1 aliphatic heterocycles. The third-order valence-corrected chi connectivity index (χ3v) is 6.02. The normalized spacial score (nSPS) is 16.3. The molecule has 0 radical (unpaired) electrons. The molecule has 0 saturated heterocycles. The van der Waals surface area contributed by atoms with Gasteiger partial charge in [-0.25, -0.2) is 14.2 Å². The first-order valence-electron chi connectivity index (χ1n) is 9.01. The van der Waals surface area contributed by atoms with Gasteiger partial charge in [0.05, 0.1) is 29.0 Å². The number of carbonyl (C=O) groups is 1. The van der Waals surface area contributed by atoms with E-state index < -0.39 is 12.0 Å². The molecular weight excluding hydrogens is 427 g/mol. The van der Waals surface area contributed by atoms with E-state index in [9.17, 15) is 14.0 Å². The van der Waals surface area contributed by atoms with Crippen molar-refractivity contribution in [3.05, 3.63) is 101 Å². The molecular formula is C22H16ClFN2O3S. The number of nitrogens with zero attached hydrogens (tertiary/aromatic N) is 2. The van der Waals surface area contributed by atoms with Crippen LogP contribution in [0.25, 0.3) is 6.08 Å². The van der Waals surface area contributed by atoms with E-state index in [1.54, 1.807) is 49.4 Å². The van der Waals surface area contributed by atoms with E-state index in [-0.39, 0.29) is 11.4 Å². The summed E-state index contributed by atoms with van der Waals surface area (Å²) in [4.78, 5) is 30.8. The maximum atomic E-state index is 13.3. The summed E-state index contributed by atoms with van der Waals surface area (Å²) in [5, 5.41) is 0.544. The Balaban J connectivity index is 1.96. The minimum atomic E-state index is -0.693. The smallest absolute Gasteiger partial charge is 0.338 e. The lowest BCUT2D eigenvalue weighted by Gasteiger charge is -2.24. The molecule has 8 heteroatoms. The molecule has 1 aromatic heterocycles. The van der Waals surface area contributed by atoms with Crippen molar-refractivity contribution in [3.8, 4) is 0 Å². The van der Waals surface area contributed by atoms with Crippen LogP contribution in [0, 0.1) is 5.82 Å². The molecule has 4 rings (SSSR count). The number of ether oxygens (including phenoxy) is 1. The number of hydrogen-bond donors (Lipinski definition) is 0. The minimum absolute atomic E-state index is 0.292. The van der Waals surface area contributed by atoms with Gasteiger partial charge in [-0.2, -0.15) is 0 Å². The predicted molar refractivity (Wildman–Crippen MR) is 114 cm³/mol. The van der Waals surface area contributed by atoms with Gasteiger partial charge in [0.1, 0.15) is 5.82 Å². The molecule has 0 aliphatic carbocycles. The summed E-state index contributed by atoms with van der Waals surface area (Å²) in [5.41, 5.74) is 1.88. The monoisotopic (exact) mass is 442 g/mol. The second-order valence-electron chi connectivity index (χ2n) is 6.68. The SMILES string of the molecule is COC(=O)C1=C(C)N=c2s/c(=C\c3ccc(F)cc3)c(=O)n2C1c1ccc(Cl)cc1. The van der Waals surface area contributed by atoms with Crippen molar-refractivity contribution >= 4 is 35.0 Å². The van der Waals surface area contributed by atoms with Crippen molar-refractivity contribution < 1.29 is 13.9 Å². The molecule has 0 fully saturated rings. The van der Waals surface area contributed by atoms with Gasteiger partial charge in [-0.3, -0.25) is 9.36 Å². The average molecular weight is 443 g/mol. The second-order valence-corrected chi connectivity index (χ2v) is 8.12. The number of methoxy groups -OCH3 is 1. The fourth-order valence-electron chi connectivity index (χ4n) is 3.36. The Morgan fingerprint density at radius 3 is 2.50 bits per heavy atom. The van der Waals surface area contributed by atoms with Crippen molar-refractivity contribution in [2.75, 3.05) is 7.11 Å². The summed E-state index contributed by atoms with van der Waals surface area (Å²) < 4.78 is 20.1. The molecule has 3 aromatic rings. The van der Waals surface area contributed by atoms with E-state index >= 15 is 0 Å². The number of benzene rings is 2. The van der Waals surface area contributed by atoms with Crippen molar-refractivity contribution in [1.29, 1.82) is 0 Å². The van der Waals surface area contributed by atoms with Gasteiger partial charge in [0, 0.05) is 5.02 Å². The van der Waals surface area contributed by atoms with E-state index in [0.29, 0.717) is 36.8 Å².